The standard InChI is InChI=1S/C26H35N3O2/c1-3-10-26(30)27-18-9-13-25-28-23-11-5-6-12-24(23)29(25)19-7-8-20-31-22-16-14-21(4-2)15-17-22/h5-6,11-12,14-17H,3-4,7-10,13,18-20H2,1-2H3,(H,27,30). The summed E-state index contributed by atoms with van der Waals surface area (Å²) in [5.74, 6) is 2.18. The average molecular weight is 422 g/mol. The number of unbranched alkanes of at least 4 members (excludes halogenated alkanes) is 1. The maximum atomic E-state index is 11.7. The molecular weight excluding hydrogens is 386 g/mol. The minimum Gasteiger partial charge on any atom is -0.494 e. The lowest BCUT2D eigenvalue weighted by Crippen LogP contribution is -2.24. The van der Waals surface area contributed by atoms with Gasteiger partial charge in [-0.05, 0) is 61.9 Å². The average Bonchev–Trinajstić information content (AvgIpc) is 3.14. The van der Waals surface area contributed by atoms with Gasteiger partial charge in [0.1, 0.15) is 11.6 Å². The lowest BCUT2D eigenvalue weighted by Gasteiger charge is -2.11. The summed E-state index contributed by atoms with van der Waals surface area (Å²) in [4.78, 5) is 16.5. The quantitative estimate of drug-likeness (QED) is 0.381. The van der Waals surface area contributed by atoms with E-state index in [0.717, 1.165) is 68.8 Å². The second kappa shape index (κ2) is 12.1. The van der Waals surface area contributed by atoms with Crippen molar-refractivity contribution in [3.8, 4) is 5.75 Å². The summed E-state index contributed by atoms with van der Waals surface area (Å²) in [5, 5.41) is 3.00. The molecule has 3 rings (SSSR count). The summed E-state index contributed by atoms with van der Waals surface area (Å²) in [7, 11) is 0. The fraction of sp³-hybridized carbons (Fsp3) is 0.462. The predicted molar refractivity (Wildman–Crippen MR) is 127 cm³/mol. The van der Waals surface area contributed by atoms with Gasteiger partial charge in [0.2, 0.25) is 5.91 Å². The van der Waals surface area contributed by atoms with Crippen molar-refractivity contribution in [1.29, 1.82) is 0 Å². The Labute approximate surface area is 185 Å². The zero-order valence-electron chi connectivity index (χ0n) is 18.9. The van der Waals surface area contributed by atoms with Crippen LogP contribution in [-0.2, 0) is 24.2 Å². The number of hydrogen-bond donors (Lipinski definition) is 1. The second-order valence-corrected chi connectivity index (χ2v) is 7.92. The molecule has 0 aliphatic carbocycles. The molecule has 1 aromatic heterocycles. The number of hydrogen-bond acceptors (Lipinski definition) is 3. The van der Waals surface area contributed by atoms with Gasteiger partial charge in [-0.2, -0.15) is 0 Å². The van der Waals surface area contributed by atoms with Crippen LogP contribution in [-0.4, -0.2) is 28.6 Å². The van der Waals surface area contributed by atoms with Crippen molar-refractivity contribution in [2.45, 2.75) is 65.3 Å². The lowest BCUT2D eigenvalue weighted by atomic mass is 10.2. The molecule has 0 unspecified atom stereocenters. The third kappa shape index (κ3) is 6.84. The van der Waals surface area contributed by atoms with Crippen LogP contribution in [0.5, 0.6) is 5.75 Å². The van der Waals surface area contributed by atoms with Gasteiger partial charge >= 0.3 is 0 Å². The van der Waals surface area contributed by atoms with Crippen LogP contribution in [0.2, 0.25) is 0 Å². The van der Waals surface area contributed by atoms with Gasteiger partial charge in [0, 0.05) is 25.9 Å². The molecule has 2 aromatic carbocycles. The number of benzene rings is 2. The van der Waals surface area contributed by atoms with Crippen molar-refractivity contribution < 1.29 is 9.53 Å². The highest BCUT2D eigenvalue weighted by Gasteiger charge is 2.10. The van der Waals surface area contributed by atoms with Gasteiger partial charge in [-0.3, -0.25) is 4.79 Å². The maximum absolute atomic E-state index is 11.7. The number of carbonyl (C=O) groups excluding carboxylic acids is 1. The minimum absolute atomic E-state index is 0.139. The Balaban J connectivity index is 1.50. The lowest BCUT2D eigenvalue weighted by molar-refractivity contribution is -0.121. The number of amides is 1. The van der Waals surface area contributed by atoms with Crippen molar-refractivity contribution in [2.75, 3.05) is 13.2 Å². The Morgan fingerprint density at radius 2 is 1.84 bits per heavy atom. The van der Waals surface area contributed by atoms with E-state index in [4.69, 9.17) is 9.72 Å². The molecule has 0 spiro atoms. The third-order valence-electron chi connectivity index (χ3n) is 5.49. The van der Waals surface area contributed by atoms with Gasteiger partial charge in [-0.1, -0.05) is 38.1 Å². The Hall–Kier alpha value is -2.82. The van der Waals surface area contributed by atoms with E-state index in [2.05, 4.69) is 59.3 Å². The van der Waals surface area contributed by atoms with Crippen LogP contribution in [0.1, 0.15) is 57.3 Å². The first kappa shape index (κ1) is 22.9. The van der Waals surface area contributed by atoms with Crippen LogP contribution >= 0.6 is 0 Å². The van der Waals surface area contributed by atoms with E-state index >= 15 is 0 Å². The third-order valence-corrected chi connectivity index (χ3v) is 5.49. The summed E-state index contributed by atoms with van der Waals surface area (Å²) in [6.07, 6.45) is 6.32. The van der Waals surface area contributed by atoms with Crippen molar-refractivity contribution >= 4 is 16.9 Å². The second-order valence-electron chi connectivity index (χ2n) is 7.92. The normalized spacial score (nSPS) is 11.0. The number of nitrogens with one attached hydrogen (secondary N) is 1. The number of imidazole rings is 1. The van der Waals surface area contributed by atoms with Gasteiger partial charge in [-0.25, -0.2) is 4.98 Å². The number of ether oxygens (including phenoxy) is 1. The van der Waals surface area contributed by atoms with Crippen LogP contribution in [0, 0.1) is 0 Å². The summed E-state index contributed by atoms with van der Waals surface area (Å²) in [6, 6.07) is 16.7. The largest absolute Gasteiger partial charge is 0.494 e. The van der Waals surface area contributed by atoms with Crippen molar-refractivity contribution in [2.24, 2.45) is 0 Å². The van der Waals surface area contributed by atoms with Crippen LogP contribution < -0.4 is 10.1 Å². The molecule has 3 aromatic rings. The molecule has 166 valence electrons. The van der Waals surface area contributed by atoms with Crippen LogP contribution in [0.3, 0.4) is 0 Å². The Bertz CT molecular complexity index is 947. The Kier molecular flexibility index (Phi) is 8.95. The Morgan fingerprint density at radius 3 is 2.61 bits per heavy atom. The topological polar surface area (TPSA) is 56.2 Å². The zero-order chi connectivity index (χ0) is 21.9. The summed E-state index contributed by atoms with van der Waals surface area (Å²) in [5.41, 5.74) is 3.56. The fourth-order valence-corrected chi connectivity index (χ4v) is 3.74. The molecular formula is C26H35N3O2. The Morgan fingerprint density at radius 1 is 1.03 bits per heavy atom. The number of aromatic nitrogens is 2. The number of rotatable bonds is 13. The monoisotopic (exact) mass is 421 g/mol. The van der Waals surface area contributed by atoms with Gasteiger partial charge < -0.3 is 14.6 Å². The van der Waals surface area contributed by atoms with Crippen LogP contribution in [0.25, 0.3) is 11.0 Å². The van der Waals surface area contributed by atoms with E-state index in [1.807, 2.05) is 13.0 Å². The maximum Gasteiger partial charge on any atom is 0.219 e. The van der Waals surface area contributed by atoms with E-state index in [-0.39, 0.29) is 5.91 Å². The summed E-state index contributed by atoms with van der Waals surface area (Å²) < 4.78 is 8.23. The van der Waals surface area contributed by atoms with E-state index in [0.29, 0.717) is 13.0 Å². The molecule has 0 radical (unpaired) electrons. The summed E-state index contributed by atoms with van der Waals surface area (Å²) in [6.45, 7) is 6.53. The first-order valence-corrected chi connectivity index (χ1v) is 11.6. The molecule has 0 aliphatic heterocycles. The number of fused-ring (bicyclic) bond motifs is 1. The molecule has 0 aliphatic rings. The van der Waals surface area contributed by atoms with Gasteiger partial charge in [-0.15, -0.1) is 0 Å². The van der Waals surface area contributed by atoms with E-state index in [1.165, 1.54) is 11.1 Å². The molecule has 5 heteroatoms. The van der Waals surface area contributed by atoms with Crippen LogP contribution in [0.4, 0.5) is 0 Å². The molecule has 1 heterocycles. The van der Waals surface area contributed by atoms with Gasteiger partial charge in [0.15, 0.2) is 0 Å². The van der Waals surface area contributed by atoms with Crippen LogP contribution in [0.15, 0.2) is 48.5 Å². The van der Waals surface area contributed by atoms with Gasteiger partial charge in [0.25, 0.3) is 0 Å². The molecule has 1 amide bonds. The number of para-hydroxylation sites is 2. The molecule has 0 bridgehead atoms. The fourth-order valence-electron chi connectivity index (χ4n) is 3.74. The highest BCUT2D eigenvalue weighted by molar-refractivity contribution is 5.76. The molecule has 31 heavy (non-hydrogen) atoms. The van der Waals surface area contributed by atoms with E-state index < -0.39 is 0 Å². The minimum atomic E-state index is 0.139. The van der Waals surface area contributed by atoms with E-state index in [9.17, 15) is 4.79 Å². The molecule has 1 N–H and O–H groups in total. The zero-order valence-corrected chi connectivity index (χ0v) is 18.9. The predicted octanol–water partition coefficient (Wildman–Crippen LogP) is 5.31. The number of aryl methyl sites for hydroxylation is 3. The van der Waals surface area contributed by atoms with Gasteiger partial charge in [0.05, 0.1) is 17.6 Å². The first-order valence-electron chi connectivity index (χ1n) is 11.6. The number of carbonyl (C=O) groups is 1. The van der Waals surface area contributed by atoms with Crippen molar-refractivity contribution in [3.63, 3.8) is 0 Å². The smallest absolute Gasteiger partial charge is 0.219 e. The molecule has 0 saturated heterocycles. The van der Waals surface area contributed by atoms with Crippen molar-refractivity contribution in [3.05, 3.63) is 59.9 Å². The molecule has 0 atom stereocenters. The highest BCUT2D eigenvalue weighted by Crippen LogP contribution is 2.18. The van der Waals surface area contributed by atoms with E-state index in [1.54, 1.807) is 0 Å². The SMILES string of the molecule is CCCC(=O)NCCCc1nc2ccccc2n1CCCCOc1ccc(CC)cc1. The number of nitrogens with zero attached hydrogens (tertiary/aromatic N) is 2. The first-order chi connectivity index (χ1) is 15.2. The highest BCUT2D eigenvalue weighted by atomic mass is 16.5. The molecule has 0 fully saturated rings. The molecule has 5 nitrogen and oxygen atoms in total. The van der Waals surface area contributed by atoms with Crippen molar-refractivity contribution in [1.82, 2.24) is 14.9 Å². The summed E-state index contributed by atoms with van der Waals surface area (Å²) >= 11 is 0. The molecule has 0 saturated carbocycles.